The van der Waals surface area contributed by atoms with Crippen molar-refractivity contribution in [3.05, 3.63) is 30.6 Å². The Kier molecular flexibility index (Phi) is 5.34. The predicted octanol–water partition coefficient (Wildman–Crippen LogP) is 1.75. The van der Waals surface area contributed by atoms with Gasteiger partial charge in [0.25, 0.3) is 0 Å². The highest BCUT2D eigenvalue weighted by molar-refractivity contribution is 5.76. The molecule has 1 atom stereocenters. The summed E-state index contributed by atoms with van der Waals surface area (Å²) in [5, 5.41) is 6.05. The van der Waals surface area contributed by atoms with E-state index in [0.29, 0.717) is 24.8 Å². The van der Waals surface area contributed by atoms with Crippen LogP contribution < -0.4 is 10.6 Å². The van der Waals surface area contributed by atoms with Gasteiger partial charge in [0, 0.05) is 31.9 Å². The van der Waals surface area contributed by atoms with Crippen molar-refractivity contribution < 1.29 is 4.79 Å². The monoisotopic (exact) mass is 260 g/mol. The predicted molar refractivity (Wildman–Crippen MR) is 74.6 cm³/mol. The molecule has 19 heavy (non-hydrogen) atoms. The normalized spacial score (nSPS) is 17.4. The zero-order chi connectivity index (χ0) is 13.3. The Hall–Kier alpha value is -1.91. The summed E-state index contributed by atoms with van der Waals surface area (Å²) in [4.78, 5) is 19.8. The first-order chi connectivity index (χ1) is 9.34. The third-order valence-electron chi connectivity index (χ3n) is 3.08. The number of hydrogen-bond donors (Lipinski definition) is 2. The van der Waals surface area contributed by atoms with Gasteiger partial charge in [0.15, 0.2) is 0 Å². The van der Waals surface area contributed by atoms with Crippen LogP contribution in [0, 0.1) is 5.92 Å². The molecule has 1 aromatic rings. The van der Waals surface area contributed by atoms with E-state index in [-0.39, 0.29) is 5.91 Å². The highest BCUT2D eigenvalue weighted by atomic mass is 16.1. The number of aromatic nitrogens is 2. The lowest BCUT2D eigenvalue weighted by molar-refractivity contribution is -0.121. The molecule has 0 aromatic carbocycles. The standard InChI is InChI=1S/C14H20N4O/c19-13(11-12-5-1-2-6-12)15-7-3-8-16-14-17-9-4-10-18-14/h1,4-5,9-10,12H,2-3,6-8,11H2,(H,15,19)(H,16,17,18)/t12-/m0/s1. The molecule has 0 radical (unpaired) electrons. The van der Waals surface area contributed by atoms with Gasteiger partial charge in [-0.15, -0.1) is 0 Å². The fourth-order valence-electron chi connectivity index (χ4n) is 2.08. The van der Waals surface area contributed by atoms with Gasteiger partial charge >= 0.3 is 0 Å². The Morgan fingerprint density at radius 2 is 2.16 bits per heavy atom. The molecule has 5 nitrogen and oxygen atoms in total. The highest BCUT2D eigenvalue weighted by Gasteiger charge is 2.13. The van der Waals surface area contributed by atoms with Crippen molar-refractivity contribution in [2.24, 2.45) is 5.92 Å². The lowest BCUT2D eigenvalue weighted by atomic mass is 10.1. The lowest BCUT2D eigenvalue weighted by Gasteiger charge is -2.09. The van der Waals surface area contributed by atoms with Crippen molar-refractivity contribution in [1.29, 1.82) is 0 Å². The van der Waals surface area contributed by atoms with Gasteiger partial charge in [0.2, 0.25) is 11.9 Å². The maximum atomic E-state index is 11.6. The molecule has 0 fully saturated rings. The van der Waals surface area contributed by atoms with Crippen molar-refractivity contribution in [3.63, 3.8) is 0 Å². The first-order valence-corrected chi connectivity index (χ1v) is 6.79. The Morgan fingerprint density at radius 1 is 1.32 bits per heavy atom. The van der Waals surface area contributed by atoms with E-state index >= 15 is 0 Å². The van der Waals surface area contributed by atoms with E-state index in [1.165, 1.54) is 0 Å². The number of rotatable bonds is 7. The van der Waals surface area contributed by atoms with Crippen LogP contribution in [0.1, 0.15) is 25.7 Å². The summed E-state index contributed by atoms with van der Waals surface area (Å²) < 4.78 is 0. The van der Waals surface area contributed by atoms with E-state index in [4.69, 9.17) is 0 Å². The molecule has 102 valence electrons. The van der Waals surface area contributed by atoms with Gasteiger partial charge in [0.1, 0.15) is 0 Å². The van der Waals surface area contributed by atoms with Gasteiger partial charge in [-0.25, -0.2) is 9.97 Å². The molecular formula is C14H20N4O. The van der Waals surface area contributed by atoms with E-state index in [9.17, 15) is 4.79 Å². The zero-order valence-corrected chi connectivity index (χ0v) is 11.0. The number of hydrogen-bond acceptors (Lipinski definition) is 4. The number of allylic oxidation sites excluding steroid dienone is 2. The van der Waals surface area contributed by atoms with Gasteiger partial charge in [-0.2, -0.15) is 0 Å². The molecule has 1 aliphatic rings. The van der Waals surface area contributed by atoms with Crippen LogP contribution in [0.4, 0.5) is 5.95 Å². The molecule has 2 rings (SSSR count). The smallest absolute Gasteiger partial charge is 0.222 e. The molecule has 0 unspecified atom stereocenters. The second-order valence-corrected chi connectivity index (χ2v) is 4.67. The highest BCUT2D eigenvalue weighted by Crippen LogP contribution is 2.19. The molecule has 0 spiro atoms. The number of amides is 1. The first-order valence-electron chi connectivity index (χ1n) is 6.79. The SMILES string of the molecule is O=C(C[C@H]1C=CCC1)NCCCNc1ncccn1. The van der Waals surface area contributed by atoms with Crippen LogP contribution in [0.2, 0.25) is 0 Å². The second-order valence-electron chi connectivity index (χ2n) is 4.67. The largest absolute Gasteiger partial charge is 0.356 e. The minimum Gasteiger partial charge on any atom is -0.356 e. The van der Waals surface area contributed by atoms with Crippen LogP contribution in [0.3, 0.4) is 0 Å². The van der Waals surface area contributed by atoms with Gasteiger partial charge < -0.3 is 10.6 Å². The van der Waals surface area contributed by atoms with Crippen molar-refractivity contribution in [3.8, 4) is 0 Å². The molecule has 0 bridgehead atoms. The van der Waals surface area contributed by atoms with Crippen LogP contribution in [-0.2, 0) is 4.79 Å². The summed E-state index contributed by atoms with van der Waals surface area (Å²) >= 11 is 0. The van der Waals surface area contributed by atoms with Crippen molar-refractivity contribution in [2.75, 3.05) is 18.4 Å². The van der Waals surface area contributed by atoms with Crippen molar-refractivity contribution in [2.45, 2.75) is 25.7 Å². The fourth-order valence-corrected chi connectivity index (χ4v) is 2.08. The number of carbonyl (C=O) groups excluding carboxylic acids is 1. The number of nitrogens with one attached hydrogen (secondary N) is 2. The summed E-state index contributed by atoms with van der Waals surface area (Å²) in [6.45, 7) is 1.45. The van der Waals surface area contributed by atoms with Gasteiger partial charge in [-0.1, -0.05) is 12.2 Å². The number of carbonyl (C=O) groups is 1. The summed E-state index contributed by atoms with van der Waals surface area (Å²) in [7, 11) is 0. The molecule has 1 aromatic heterocycles. The van der Waals surface area contributed by atoms with Crippen molar-refractivity contribution >= 4 is 11.9 Å². The van der Waals surface area contributed by atoms with Gasteiger partial charge in [0.05, 0.1) is 0 Å². The van der Waals surface area contributed by atoms with E-state index in [2.05, 4.69) is 32.8 Å². The fraction of sp³-hybridized carbons (Fsp3) is 0.500. The summed E-state index contributed by atoms with van der Waals surface area (Å²) in [5.41, 5.74) is 0. The Morgan fingerprint density at radius 3 is 2.89 bits per heavy atom. The third kappa shape index (κ3) is 5.07. The maximum absolute atomic E-state index is 11.6. The second kappa shape index (κ2) is 7.51. The molecule has 0 aliphatic heterocycles. The summed E-state index contributed by atoms with van der Waals surface area (Å²) in [5.74, 6) is 1.22. The minimum absolute atomic E-state index is 0.146. The van der Waals surface area contributed by atoms with Crippen LogP contribution in [0.15, 0.2) is 30.6 Å². The molecular weight excluding hydrogens is 240 g/mol. The summed E-state index contributed by atoms with van der Waals surface area (Å²) in [6.07, 6.45) is 11.4. The first kappa shape index (κ1) is 13.5. The van der Waals surface area contributed by atoms with E-state index < -0.39 is 0 Å². The quantitative estimate of drug-likeness (QED) is 0.579. The molecule has 5 heteroatoms. The lowest BCUT2D eigenvalue weighted by Crippen LogP contribution is -2.27. The molecule has 1 amide bonds. The van der Waals surface area contributed by atoms with Crippen molar-refractivity contribution in [1.82, 2.24) is 15.3 Å². The van der Waals surface area contributed by atoms with E-state index in [1.54, 1.807) is 18.5 Å². The molecule has 1 aliphatic carbocycles. The van der Waals surface area contributed by atoms with Gasteiger partial charge in [-0.3, -0.25) is 4.79 Å². The van der Waals surface area contributed by atoms with Crippen LogP contribution in [0.25, 0.3) is 0 Å². The van der Waals surface area contributed by atoms with Gasteiger partial charge in [-0.05, 0) is 31.2 Å². The van der Waals surface area contributed by atoms with E-state index in [1.807, 2.05) is 0 Å². The Bertz CT molecular complexity index is 419. The van der Waals surface area contributed by atoms with Crippen LogP contribution in [-0.4, -0.2) is 29.0 Å². The Balaban J connectivity index is 1.52. The zero-order valence-electron chi connectivity index (χ0n) is 11.0. The van der Waals surface area contributed by atoms with Crippen LogP contribution in [0.5, 0.6) is 0 Å². The topological polar surface area (TPSA) is 66.9 Å². The molecule has 1 heterocycles. The summed E-state index contributed by atoms with van der Waals surface area (Å²) in [6, 6.07) is 1.78. The molecule has 2 N–H and O–H groups in total. The third-order valence-corrected chi connectivity index (χ3v) is 3.08. The van der Waals surface area contributed by atoms with E-state index in [0.717, 1.165) is 25.8 Å². The van der Waals surface area contributed by atoms with Crippen LogP contribution >= 0.6 is 0 Å². The average molecular weight is 260 g/mol. The molecule has 0 saturated heterocycles. The average Bonchev–Trinajstić information content (AvgIpc) is 2.92. The minimum atomic E-state index is 0.146. The number of anilines is 1. The maximum Gasteiger partial charge on any atom is 0.222 e. The molecule has 0 saturated carbocycles. The Labute approximate surface area is 113 Å². The number of nitrogens with zero attached hydrogens (tertiary/aromatic N) is 2.